The van der Waals surface area contributed by atoms with Gasteiger partial charge in [-0.3, -0.25) is 9.89 Å². The summed E-state index contributed by atoms with van der Waals surface area (Å²) in [4.78, 5) is 12.2. The first-order valence-electron chi connectivity index (χ1n) is 8.43. The Balaban J connectivity index is 0.00000225. The minimum atomic E-state index is -0.157. The number of nitrogens with one attached hydrogen (secondary N) is 3. The molecule has 1 aromatic heterocycles. The van der Waals surface area contributed by atoms with Crippen LogP contribution in [0.2, 0.25) is 0 Å². The van der Waals surface area contributed by atoms with Gasteiger partial charge in [0.05, 0.1) is 6.54 Å². The molecule has 7 heteroatoms. The first-order valence-corrected chi connectivity index (χ1v) is 8.43. The fourth-order valence-corrected chi connectivity index (χ4v) is 2.78. The lowest BCUT2D eigenvalue weighted by molar-refractivity contribution is 0.0941. The summed E-state index contributed by atoms with van der Waals surface area (Å²) < 4.78 is 5.67. The maximum Gasteiger partial charge on any atom is 0.272 e. The number of hydrogen-bond donors (Lipinski definition) is 3. The van der Waals surface area contributed by atoms with Gasteiger partial charge in [-0.15, -0.1) is 12.4 Å². The highest BCUT2D eigenvalue weighted by molar-refractivity contribution is 5.94. The van der Waals surface area contributed by atoms with Crippen molar-refractivity contribution in [2.45, 2.75) is 32.7 Å². The zero-order valence-electron chi connectivity index (χ0n) is 14.6. The third-order valence-corrected chi connectivity index (χ3v) is 4.22. The number of aromatic amines is 1. The summed E-state index contributed by atoms with van der Waals surface area (Å²) in [5, 5.41) is 13.2. The van der Waals surface area contributed by atoms with Gasteiger partial charge in [0.2, 0.25) is 0 Å². The summed E-state index contributed by atoms with van der Waals surface area (Å²) in [6.45, 7) is 6.80. The Labute approximate surface area is 154 Å². The van der Waals surface area contributed by atoms with Crippen LogP contribution in [0, 0.1) is 0 Å². The second-order valence-corrected chi connectivity index (χ2v) is 6.28. The average molecular weight is 365 g/mol. The van der Waals surface area contributed by atoms with Crippen LogP contribution in [-0.4, -0.2) is 35.8 Å². The minimum absolute atomic E-state index is 0. The predicted molar refractivity (Wildman–Crippen MR) is 99.6 cm³/mol. The molecular formula is C18H25ClN4O2. The maximum absolute atomic E-state index is 12.2. The Morgan fingerprint density at radius 3 is 2.80 bits per heavy atom. The van der Waals surface area contributed by atoms with Crippen molar-refractivity contribution in [3.63, 3.8) is 0 Å². The second-order valence-electron chi connectivity index (χ2n) is 6.28. The molecule has 2 heterocycles. The maximum atomic E-state index is 12.2. The predicted octanol–water partition coefficient (Wildman–Crippen LogP) is 2.41. The van der Waals surface area contributed by atoms with Crippen LogP contribution < -0.4 is 15.4 Å². The van der Waals surface area contributed by atoms with E-state index < -0.39 is 0 Å². The van der Waals surface area contributed by atoms with Crippen molar-refractivity contribution in [2.75, 3.05) is 19.7 Å². The van der Waals surface area contributed by atoms with Gasteiger partial charge in [-0.2, -0.15) is 5.10 Å². The Bertz CT molecular complexity index is 698. The van der Waals surface area contributed by atoms with Crippen LogP contribution in [-0.2, 0) is 13.0 Å². The van der Waals surface area contributed by atoms with Crippen molar-refractivity contribution < 1.29 is 9.53 Å². The number of aromatic nitrogens is 2. The Morgan fingerprint density at radius 1 is 1.32 bits per heavy atom. The lowest BCUT2D eigenvalue weighted by Crippen LogP contribution is -2.31. The molecule has 6 nitrogen and oxygen atoms in total. The number of H-pyrrole nitrogens is 1. The van der Waals surface area contributed by atoms with Crippen LogP contribution in [0.1, 0.15) is 47.1 Å². The summed E-state index contributed by atoms with van der Waals surface area (Å²) in [5.41, 5.74) is 3.80. The molecular weight excluding hydrogens is 340 g/mol. The van der Waals surface area contributed by atoms with Gasteiger partial charge in [-0.05, 0) is 23.6 Å². The molecule has 0 atom stereocenters. The van der Waals surface area contributed by atoms with Gasteiger partial charge in [-0.1, -0.05) is 26.0 Å². The van der Waals surface area contributed by atoms with E-state index in [2.05, 4.69) is 46.8 Å². The molecule has 0 radical (unpaired) electrons. The lowest BCUT2D eigenvalue weighted by Gasteiger charge is -2.13. The van der Waals surface area contributed by atoms with Gasteiger partial charge >= 0.3 is 0 Å². The summed E-state index contributed by atoms with van der Waals surface area (Å²) in [5.74, 6) is 1.16. The highest BCUT2D eigenvalue weighted by atomic mass is 35.5. The van der Waals surface area contributed by atoms with Crippen LogP contribution >= 0.6 is 12.4 Å². The normalized spacial score (nSPS) is 13.1. The number of rotatable bonds is 6. The third kappa shape index (κ3) is 4.74. The van der Waals surface area contributed by atoms with Gasteiger partial charge in [0.25, 0.3) is 5.91 Å². The first kappa shape index (κ1) is 19.3. The summed E-state index contributed by atoms with van der Waals surface area (Å²) in [6, 6.07) is 8.07. The number of nitrogens with zero attached hydrogens (tertiary/aromatic N) is 1. The van der Waals surface area contributed by atoms with Crippen molar-refractivity contribution in [3.8, 4) is 5.75 Å². The smallest absolute Gasteiger partial charge is 0.272 e. The van der Waals surface area contributed by atoms with Gasteiger partial charge in [0.15, 0.2) is 5.69 Å². The quantitative estimate of drug-likeness (QED) is 0.688. The number of ether oxygens (including phenoxy) is 1. The Morgan fingerprint density at radius 2 is 2.08 bits per heavy atom. The van der Waals surface area contributed by atoms with E-state index in [1.165, 1.54) is 5.56 Å². The van der Waals surface area contributed by atoms with E-state index in [4.69, 9.17) is 4.74 Å². The van der Waals surface area contributed by atoms with E-state index in [0.717, 1.165) is 30.0 Å². The number of hydrogen-bond acceptors (Lipinski definition) is 4. The van der Waals surface area contributed by atoms with Crippen LogP contribution in [0.5, 0.6) is 5.75 Å². The number of benzene rings is 1. The minimum Gasteiger partial charge on any atom is -0.492 e. The van der Waals surface area contributed by atoms with Crippen molar-refractivity contribution in [1.29, 1.82) is 0 Å². The summed E-state index contributed by atoms with van der Waals surface area (Å²) >= 11 is 0. The van der Waals surface area contributed by atoms with E-state index in [1.807, 2.05) is 12.1 Å². The molecule has 2 aromatic rings. The van der Waals surface area contributed by atoms with Gasteiger partial charge in [-0.25, -0.2) is 0 Å². The first-order chi connectivity index (χ1) is 11.6. The standard InChI is InChI=1S/C18H24N4O2.ClH/c1-12(2)13-3-5-14(6-4-13)24-10-9-20-18(23)17-15-11-19-8-7-16(15)21-22-17;/h3-6,12,19H,7-11H2,1-2H3,(H,20,23)(H,21,22);1H. The molecule has 1 aliphatic heterocycles. The molecule has 25 heavy (non-hydrogen) atoms. The van der Waals surface area contributed by atoms with E-state index >= 15 is 0 Å². The van der Waals surface area contributed by atoms with Gasteiger partial charge < -0.3 is 15.4 Å². The molecule has 0 bridgehead atoms. The van der Waals surface area contributed by atoms with Gasteiger partial charge in [0, 0.05) is 30.8 Å². The molecule has 3 N–H and O–H groups in total. The largest absolute Gasteiger partial charge is 0.492 e. The zero-order chi connectivity index (χ0) is 16.9. The fourth-order valence-electron chi connectivity index (χ4n) is 2.78. The monoisotopic (exact) mass is 364 g/mol. The van der Waals surface area contributed by atoms with Crippen LogP contribution in [0.3, 0.4) is 0 Å². The van der Waals surface area contributed by atoms with Gasteiger partial charge in [0.1, 0.15) is 12.4 Å². The molecule has 0 aliphatic carbocycles. The molecule has 0 spiro atoms. The number of carbonyl (C=O) groups is 1. The SMILES string of the molecule is CC(C)c1ccc(OCCNC(=O)c2n[nH]c3c2CNCC3)cc1.Cl. The van der Waals surface area contributed by atoms with E-state index in [9.17, 15) is 4.79 Å². The summed E-state index contributed by atoms with van der Waals surface area (Å²) in [7, 11) is 0. The van der Waals surface area contributed by atoms with Crippen LogP contribution in [0.25, 0.3) is 0 Å². The van der Waals surface area contributed by atoms with E-state index in [-0.39, 0.29) is 18.3 Å². The molecule has 136 valence electrons. The zero-order valence-corrected chi connectivity index (χ0v) is 15.4. The summed E-state index contributed by atoms with van der Waals surface area (Å²) in [6.07, 6.45) is 0.880. The molecule has 1 amide bonds. The highest BCUT2D eigenvalue weighted by Gasteiger charge is 2.21. The van der Waals surface area contributed by atoms with Crippen molar-refractivity contribution in [1.82, 2.24) is 20.8 Å². The van der Waals surface area contributed by atoms with E-state index in [0.29, 0.717) is 31.3 Å². The molecule has 0 unspecified atom stereocenters. The average Bonchev–Trinajstić information content (AvgIpc) is 3.03. The highest BCUT2D eigenvalue weighted by Crippen LogP contribution is 2.18. The molecule has 3 rings (SSSR count). The van der Waals surface area contributed by atoms with Crippen molar-refractivity contribution in [3.05, 3.63) is 46.8 Å². The number of carbonyl (C=O) groups excluding carboxylic acids is 1. The molecule has 1 aliphatic rings. The van der Waals surface area contributed by atoms with Crippen LogP contribution in [0.4, 0.5) is 0 Å². The number of halogens is 1. The molecule has 1 aromatic carbocycles. The number of fused-ring (bicyclic) bond motifs is 1. The second kappa shape index (κ2) is 8.87. The third-order valence-electron chi connectivity index (χ3n) is 4.22. The number of amides is 1. The Hall–Kier alpha value is -2.05. The van der Waals surface area contributed by atoms with Crippen LogP contribution in [0.15, 0.2) is 24.3 Å². The van der Waals surface area contributed by atoms with Crippen molar-refractivity contribution in [2.24, 2.45) is 0 Å². The Kier molecular flexibility index (Phi) is 6.84. The molecule has 0 saturated heterocycles. The van der Waals surface area contributed by atoms with Crippen molar-refractivity contribution >= 4 is 18.3 Å². The fraction of sp³-hybridized carbons (Fsp3) is 0.444. The topological polar surface area (TPSA) is 79.0 Å². The molecule has 0 saturated carbocycles. The molecule has 0 fully saturated rings. The van der Waals surface area contributed by atoms with E-state index in [1.54, 1.807) is 0 Å². The lowest BCUT2D eigenvalue weighted by atomic mass is 10.0.